The van der Waals surface area contributed by atoms with E-state index in [0.717, 1.165) is 25.7 Å². The lowest BCUT2D eigenvalue weighted by Gasteiger charge is -2.17. The maximum Gasteiger partial charge on any atom is 0.383 e. The Kier molecular flexibility index (Phi) is 10.8. The van der Waals surface area contributed by atoms with Crippen LogP contribution in [0.25, 0.3) is 11.0 Å². The number of allylic oxidation sites excluding steroid dienone is 4. The van der Waals surface area contributed by atoms with Gasteiger partial charge in [0.25, 0.3) is 0 Å². The molecule has 0 bridgehead atoms. The van der Waals surface area contributed by atoms with E-state index in [2.05, 4.69) is 52.0 Å². The molecule has 0 aliphatic carbocycles. The predicted octanol–water partition coefficient (Wildman–Crippen LogP) is 7.39. The maximum atomic E-state index is 12.6. The molecule has 0 saturated heterocycles. The van der Waals surface area contributed by atoms with Crippen LogP contribution in [0.4, 0.5) is 0 Å². The lowest BCUT2D eigenvalue weighted by molar-refractivity contribution is 0.212. The van der Waals surface area contributed by atoms with Crippen molar-refractivity contribution in [3.05, 3.63) is 64.1 Å². The molecule has 0 aliphatic heterocycles. The highest BCUT2D eigenvalue weighted by Gasteiger charge is 2.22. The second kappa shape index (κ2) is 13.6. The SMILES string of the molecule is CC/C=C/CCOc1c(OC(C)C)c(=O)oc2cccc(OC/C=C(\C)CCC=C(C)C)c12. The summed E-state index contributed by atoms with van der Waals surface area (Å²) in [5.74, 6) is 1.05. The van der Waals surface area contributed by atoms with Gasteiger partial charge >= 0.3 is 5.63 Å². The Morgan fingerprint density at radius 2 is 1.82 bits per heavy atom. The first-order chi connectivity index (χ1) is 15.8. The summed E-state index contributed by atoms with van der Waals surface area (Å²) in [5, 5.41) is 0.614. The maximum absolute atomic E-state index is 12.6. The van der Waals surface area contributed by atoms with Crippen LogP contribution < -0.4 is 19.8 Å². The molecule has 0 amide bonds. The molecule has 0 atom stereocenters. The molecule has 5 nitrogen and oxygen atoms in total. The third kappa shape index (κ3) is 8.49. The Morgan fingerprint density at radius 1 is 1.03 bits per heavy atom. The Bertz CT molecular complexity index is 1040. The number of benzene rings is 1. The summed E-state index contributed by atoms with van der Waals surface area (Å²) in [6.07, 6.45) is 12.0. The molecule has 0 spiro atoms. The van der Waals surface area contributed by atoms with Crippen LogP contribution in [0.5, 0.6) is 17.2 Å². The average molecular weight is 455 g/mol. The van der Waals surface area contributed by atoms with Gasteiger partial charge in [-0.2, -0.15) is 0 Å². The van der Waals surface area contributed by atoms with Gasteiger partial charge in [0.1, 0.15) is 23.3 Å². The van der Waals surface area contributed by atoms with Crippen molar-refractivity contribution in [3.63, 3.8) is 0 Å². The van der Waals surface area contributed by atoms with E-state index in [1.807, 2.05) is 26.0 Å². The van der Waals surface area contributed by atoms with Crippen molar-refractivity contribution in [1.29, 1.82) is 0 Å². The fourth-order valence-electron chi connectivity index (χ4n) is 3.25. The molecule has 0 unspecified atom stereocenters. The molecular formula is C28H38O5. The van der Waals surface area contributed by atoms with Crippen LogP contribution in [0, 0.1) is 0 Å². The smallest absolute Gasteiger partial charge is 0.383 e. The molecule has 2 aromatic rings. The molecule has 2 rings (SSSR count). The van der Waals surface area contributed by atoms with Crippen LogP contribution in [0.1, 0.15) is 67.2 Å². The minimum atomic E-state index is -0.553. The molecule has 0 radical (unpaired) electrons. The first-order valence-electron chi connectivity index (χ1n) is 11.8. The summed E-state index contributed by atoms with van der Waals surface area (Å²) in [7, 11) is 0. The van der Waals surface area contributed by atoms with E-state index in [0.29, 0.717) is 35.7 Å². The zero-order chi connectivity index (χ0) is 24.2. The van der Waals surface area contributed by atoms with E-state index in [4.69, 9.17) is 18.6 Å². The Morgan fingerprint density at radius 3 is 2.52 bits per heavy atom. The summed E-state index contributed by atoms with van der Waals surface area (Å²) < 4.78 is 23.5. The third-order valence-electron chi connectivity index (χ3n) is 4.86. The van der Waals surface area contributed by atoms with Gasteiger partial charge in [0.2, 0.25) is 5.75 Å². The highest BCUT2D eigenvalue weighted by Crippen LogP contribution is 2.39. The molecule has 0 saturated carbocycles. The molecule has 0 N–H and O–H groups in total. The molecular weight excluding hydrogens is 416 g/mol. The van der Waals surface area contributed by atoms with Gasteiger partial charge in [-0.3, -0.25) is 0 Å². The van der Waals surface area contributed by atoms with Crippen molar-refractivity contribution < 1.29 is 18.6 Å². The lowest BCUT2D eigenvalue weighted by atomic mass is 10.1. The Hall–Kier alpha value is -2.95. The highest BCUT2D eigenvalue weighted by atomic mass is 16.5. The van der Waals surface area contributed by atoms with Crippen molar-refractivity contribution >= 4 is 11.0 Å². The predicted molar refractivity (Wildman–Crippen MR) is 136 cm³/mol. The van der Waals surface area contributed by atoms with Gasteiger partial charge in [-0.1, -0.05) is 42.4 Å². The number of fused-ring (bicyclic) bond motifs is 1. The van der Waals surface area contributed by atoms with E-state index >= 15 is 0 Å². The minimum absolute atomic E-state index is 0.0847. The van der Waals surface area contributed by atoms with E-state index in [-0.39, 0.29) is 11.9 Å². The summed E-state index contributed by atoms with van der Waals surface area (Å²) in [4.78, 5) is 12.6. The van der Waals surface area contributed by atoms with Gasteiger partial charge < -0.3 is 18.6 Å². The zero-order valence-corrected chi connectivity index (χ0v) is 20.9. The van der Waals surface area contributed by atoms with Crippen LogP contribution in [-0.2, 0) is 0 Å². The van der Waals surface area contributed by atoms with Gasteiger partial charge in [-0.25, -0.2) is 4.79 Å². The van der Waals surface area contributed by atoms with E-state index in [9.17, 15) is 4.79 Å². The summed E-state index contributed by atoms with van der Waals surface area (Å²) in [6, 6.07) is 5.41. The minimum Gasteiger partial charge on any atom is -0.489 e. The average Bonchev–Trinajstić information content (AvgIpc) is 2.75. The van der Waals surface area contributed by atoms with Crippen molar-refractivity contribution in [2.75, 3.05) is 13.2 Å². The van der Waals surface area contributed by atoms with Crippen LogP contribution in [-0.4, -0.2) is 19.3 Å². The van der Waals surface area contributed by atoms with Crippen LogP contribution in [0.2, 0.25) is 0 Å². The molecule has 0 fully saturated rings. The monoisotopic (exact) mass is 454 g/mol. The Labute approximate surface area is 197 Å². The highest BCUT2D eigenvalue weighted by molar-refractivity contribution is 5.91. The van der Waals surface area contributed by atoms with Gasteiger partial charge in [0, 0.05) is 0 Å². The molecule has 33 heavy (non-hydrogen) atoms. The standard InChI is InChI=1S/C28H38O5/c1-7-8-9-10-18-31-26-25-23(30-19-17-22(6)14-11-13-20(2)3)15-12-16-24(25)33-28(29)27(26)32-21(4)5/h8-9,12-13,15-17,21H,7,10-11,14,18-19H2,1-6H3/b9-8+,22-17+. The Balaban J connectivity index is 2.34. The van der Waals surface area contributed by atoms with Crippen molar-refractivity contribution in [1.82, 2.24) is 0 Å². The topological polar surface area (TPSA) is 57.9 Å². The molecule has 180 valence electrons. The van der Waals surface area contributed by atoms with E-state index < -0.39 is 5.63 Å². The summed E-state index contributed by atoms with van der Waals surface area (Å²) in [5.41, 5.74) is 2.45. The fourth-order valence-corrected chi connectivity index (χ4v) is 3.25. The van der Waals surface area contributed by atoms with E-state index in [1.165, 1.54) is 11.1 Å². The second-order valence-electron chi connectivity index (χ2n) is 8.54. The number of ether oxygens (including phenoxy) is 3. The molecule has 1 heterocycles. The lowest BCUT2D eigenvalue weighted by Crippen LogP contribution is -2.15. The van der Waals surface area contributed by atoms with Crippen LogP contribution >= 0.6 is 0 Å². The van der Waals surface area contributed by atoms with Gasteiger partial charge in [-0.05, 0) is 78.5 Å². The van der Waals surface area contributed by atoms with Gasteiger partial charge in [0.15, 0.2) is 5.75 Å². The van der Waals surface area contributed by atoms with Crippen molar-refractivity contribution in [2.24, 2.45) is 0 Å². The molecule has 5 heteroatoms. The zero-order valence-electron chi connectivity index (χ0n) is 20.9. The normalized spacial score (nSPS) is 11.9. The first-order valence-corrected chi connectivity index (χ1v) is 11.8. The summed E-state index contributed by atoms with van der Waals surface area (Å²) in [6.45, 7) is 13.0. The van der Waals surface area contributed by atoms with Crippen LogP contribution in [0.15, 0.2) is 62.9 Å². The van der Waals surface area contributed by atoms with Gasteiger partial charge in [-0.15, -0.1) is 0 Å². The van der Waals surface area contributed by atoms with Crippen molar-refractivity contribution in [2.45, 2.75) is 73.3 Å². The van der Waals surface area contributed by atoms with Gasteiger partial charge in [0.05, 0.1) is 12.7 Å². The molecule has 1 aromatic heterocycles. The summed E-state index contributed by atoms with van der Waals surface area (Å²) >= 11 is 0. The van der Waals surface area contributed by atoms with Crippen molar-refractivity contribution in [3.8, 4) is 17.2 Å². The van der Waals surface area contributed by atoms with E-state index in [1.54, 1.807) is 6.07 Å². The largest absolute Gasteiger partial charge is 0.489 e. The first kappa shape index (κ1) is 26.3. The number of hydrogen-bond acceptors (Lipinski definition) is 5. The fraction of sp³-hybridized carbons (Fsp3) is 0.464. The number of hydrogen-bond donors (Lipinski definition) is 0. The number of rotatable bonds is 13. The quantitative estimate of drug-likeness (QED) is 0.179. The third-order valence-corrected chi connectivity index (χ3v) is 4.86. The second-order valence-corrected chi connectivity index (χ2v) is 8.54. The van der Waals surface area contributed by atoms with Crippen LogP contribution in [0.3, 0.4) is 0 Å². The molecule has 0 aliphatic rings. The molecule has 1 aromatic carbocycles.